The quantitative estimate of drug-likeness (QED) is 0.838. The van der Waals surface area contributed by atoms with Crippen LogP contribution < -0.4 is 5.32 Å². The fraction of sp³-hybridized carbons (Fsp3) is 0.391. The third kappa shape index (κ3) is 4.05. The topological polar surface area (TPSA) is 55.4 Å². The molecule has 140 valence electrons. The van der Waals surface area contributed by atoms with Gasteiger partial charge in [0.25, 0.3) is 5.91 Å². The number of carbonyl (C=O) groups excluding carboxylic acids is 2. The number of hydrogen-bond acceptors (Lipinski definition) is 3. The Morgan fingerprint density at radius 2 is 1.70 bits per heavy atom. The highest BCUT2D eigenvalue weighted by Crippen LogP contribution is 2.29. The first-order chi connectivity index (χ1) is 13.2. The van der Waals surface area contributed by atoms with Crippen LogP contribution in [0.4, 0.5) is 0 Å². The molecule has 2 aliphatic rings. The maximum Gasteiger partial charge on any atom is 0.338 e. The molecule has 4 heteroatoms. The number of carbonyl (C=O) groups is 2. The van der Waals surface area contributed by atoms with Crippen molar-refractivity contribution in [2.24, 2.45) is 0 Å². The van der Waals surface area contributed by atoms with Crippen molar-refractivity contribution in [2.45, 2.75) is 51.0 Å². The van der Waals surface area contributed by atoms with Crippen molar-refractivity contribution < 1.29 is 14.3 Å². The van der Waals surface area contributed by atoms with E-state index in [-0.39, 0.29) is 18.6 Å². The molecule has 0 unspecified atom stereocenters. The molecule has 4 nitrogen and oxygen atoms in total. The van der Waals surface area contributed by atoms with Gasteiger partial charge in [0, 0.05) is 0 Å². The van der Waals surface area contributed by atoms with Crippen LogP contribution in [-0.2, 0) is 28.8 Å². The summed E-state index contributed by atoms with van der Waals surface area (Å²) in [5, 5.41) is 3.02. The first-order valence-corrected chi connectivity index (χ1v) is 9.87. The van der Waals surface area contributed by atoms with Gasteiger partial charge in [0.2, 0.25) is 0 Å². The minimum absolute atomic E-state index is 0.00453. The molecule has 27 heavy (non-hydrogen) atoms. The van der Waals surface area contributed by atoms with Crippen molar-refractivity contribution in [3.8, 4) is 0 Å². The van der Waals surface area contributed by atoms with Crippen LogP contribution in [0.1, 0.15) is 64.3 Å². The van der Waals surface area contributed by atoms with Gasteiger partial charge in [-0.15, -0.1) is 0 Å². The fourth-order valence-electron chi connectivity index (χ4n) is 4.21. The van der Waals surface area contributed by atoms with Gasteiger partial charge in [-0.2, -0.15) is 0 Å². The molecule has 0 aromatic heterocycles. The molecule has 1 atom stereocenters. The Bertz CT molecular complexity index is 858. The second-order valence-electron chi connectivity index (χ2n) is 7.48. The Kier molecular flexibility index (Phi) is 5.23. The molecule has 0 bridgehead atoms. The Hall–Kier alpha value is -2.62. The summed E-state index contributed by atoms with van der Waals surface area (Å²) >= 11 is 0. The summed E-state index contributed by atoms with van der Waals surface area (Å²) in [5.41, 5.74) is 5.56. The van der Waals surface area contributed by atoms with E-state index in [1.807, 2.05) is 30.3 Å². The molecule has 0 fully saturated rings. The molecule has 4 rings (SSSR count). The van der Waals surface area contributed by atoms with E-state index in [0.29, 0.717) is 5.56 Å². The number of fused-ring (bicyclic) bond motifs is 2. The zero-order chi connectivity index (χ0) is 18.6. The summed E-state index contributed by atoms with van der Waals surface area (Å²) < 4.78 is 5.26. The highest BCUT2D eigenvalue weighted by Gasteiger charge is 2.22. The Morgan fingerprint density at radius 3 is 2.59 bits per heavy atom. The molecule has 0 heterocycles. The van der Waals surface area contributed by atoms with Gasteiger partial charge in [-0.05, 0) is 79.3 Å². The molecule has 0 radical (unpaired) electrons. The highest BCUT2D eigenvalue weighted by molar-refractivity contribution is 5.91. The number of nitrogens with one attached hydrogen (secondary N) is 1. The lowest BCUT2D eigenvalue weighted by Crippen LogP contribution is -2.34. The molecule has 0 saturated heterocycles. The second kappa shape index (κ2) is 7.95. The van der Waals surface area contributed by atoms with E-state index in [1.165, 1.54) is 28.7 Å². The van der Waals surface area contributed by atoms with Crippen molar-refractivity contribution >= 4 is 11.9 Å². The van der Waals surface area contributed by atoms with Crippen LogP contribution in [0.5, 0.6) is 0 Å². The minimum Gasteiger partial charge on any atom is -0.452 e. The van der Waals surface area contributed by atoms with Gasteiger partial charge in [-0.1, -0.05) is 30.3 Å². The largest absolute Gasteiger partial charge is 0.452 e. The summed E-state index contributed by atoms with van der Waals surface area (Å²) in [5.74, 6) is -0.675. The van der Waals surface area contributed by atoms with Crippen molar-refractivity contribution in [3.63, 3.8) is 0 Å². The summed E-state index contributed by atoms with van der Waals surface area (Å²) in [4.78, 5) is 24.6. The first-order valence-electron chi connectivity index (χ1n) is 9.87. The van der Waals surface area contributed by atoms with Gasteiger partial charge >= 0.3 is 5.97 Å². The summed E-state index contributed by atoms with van der Waals surface area (Å²) in [6, 6.07) is 14.0. The minimum atomic E-state index is -0.428. The molecule has 0 spiro atoms. The lowest BCUT2D eigenvalue weighted by atomic mass is 9.88. The summed E-state index contributed by atoms with van der Waals surface area (Å²) in [6.45, 7) is -0.241. The Balaban J connectivity index is 1.34. The molecule has 0 saturated carbocycles. The monoisotopic (exact) mass is 363 g/mol. The maximum atomic E-state index is 12.3. The average Bonchev–Trinajstić information content (AvgIpc) is 2.72. The number of esters is 1. The van der Waals surface area contributed by atoms with Crippen LogP contribution >= 0.6 is 0 Å². The standard InChI is InChI=1S/C23H25NO3/c25-22(24-21-11-5-9-17-7-3-4-10-20(17)21)15-27-23(26)19-13-12-16-6-1-2-8-18(16)14-19/h3-4,7,10,12-14,21H,1-2,5-6,8-9,11,15H2,(H,24,25)/t21-/m0/s1. The van der Waals surface area contributed by atoms with Gasteiger partial charge < -0.3 is 10.1 Å². The normalized spacial score (nSPS) is 18.1. The number of benzene rings is 2. The molecule has 1 N–H and O–H groups in total. The lowest BCUT2D eigenvalue weighted by molar-refractivity contribution is -0.125. The Morgan fingerprint density at radius 1 is 0.926 bits per heavy atom. The summed E-state index contributed by atoms with van der Waals surface area (Å²) in [6.07, 6.45) is 7.49. The van der Waals surface area contributed by atoms with E-state index in [9.17, 15) is 9.59 Å². The SMILES string of the molecule is O=C(COC(=O)c1ccc2c(c1)CCCC2)N[C@H]1CCCc2ccccc21. The van der Waals surface area contributed by atoms with Crippen LogP contribution in [-0.4, -0.2) is 18.5 Å². The smallest absolute Gasteiger partial charge is 0.338 e. The molecule has 2 aromatic carbocycles. The number of hydrogen-bond donors (Lipinski definition) is 1. The molecular weight excluding hydrogens is 338 g/mol. The van der Waals surface area contributed by atoms with E-state index < -0.39 is 5.97 Å². The molecule has 0 aliphatic heterocycles. The second-order valence-corrected chi connectivity index (χ2v) is 7.48. The predicted molar refractivity (Wildman–Crippen MR) is 104 cm³/mol. The van der Waals surface area contributed by atoms with Gasteiger partial charge in [-0.25, -0.2) is 4.79 Å². The third-order valence-corrected chi connectivity index (χ3v) is 5.62. The molecular formula is C23H25NO3. The van der Waals surface area contributed by atoms with Crippen molar-refractivity contribution in [2.75, 3.05) is 6.61 Å². The van der Waals surface area contributed by atoms with Gasteiger partial charge in [0.1, 0.15) is 0 Å². The van der Waals surface area contributed by atoms with Crippen molar-refractivity contribution in [3.05, 3.63) is 70.3 Å². The average molecular weight is 363 g/mol. The fourth-order valence-corrected chi connectivity index (χ4v) is 4.21. The zero-order valence-electron chi connectivity index (χ0n) is 15.5. The van der Waals surface area contributed by atoms with Gasteiger partial charge in [0.15, 0.2) is 6.61 Å². The Labute approximate surface area is 159 Å². The van der Waals surface area contributed by atoms with E-state index in [1.54, 1.807) is 0 Å². The summed E-state index contributed by atoms with van der Waals surface area (Å²) in [7, 11) is 0. The third-order valence-electron chi connectivity index (χ3n) is 5.62. The zero-order valence-corrected chi connectivity index (χ0v) is 15.5. The first kappa shape index (κ1) is 17.8. The molecule has 1 amide bonds. The van der Waals surface area contributed by atoms with E-state index in [0.717, 1.165) is 38.5 Å². The van der Waals surface area contributed by atoms with Crippen LogP contribution in [0.25, 0.3) is 0 Å². The number of rotatable bonds is 4. The van der Waals surface area contributed by atoms with E-state index in [2.05, 4.69) is 17.4 Å². The number of amides is 1. The van der Waals surface area contributed by atoms with Crippen LogP contribution in [0, 0.1) is 0 Å². The predicted octanol–water partition coefficient (Wildman–Crippen LogP) is 3.92. The van der Waals surface area contributed by atoms with Gasteiger partial charge in [-0.3, -0.25) is 4.79 Å². The van der Waals surface area contributed by atoms with Crippen molar-refractivity contribution in [1.29, 1.82) is 0 Å². The van der Waals surface area contributed by atoms with Crippen molar-refractivity contribution in [1.82, 2.24) is 5.32 Å². The highest BCUT2D eigenvalue weighted by atomic mass is 16.5. The van der Waals surface area contributed by atoms with Gasteiger partial charge in [0.05, 0.1) is 11.6 Å². The van der Waals surface area contributed by atoms with Crippen LogP contribution in [0.3, 0.4) is 0 Å². The molecule has 2 aromatic rings. The number of aryl methyl sites for hydroxylation is 3. The van der Waals surface area contributed by atoms with Crippen LogP contribution in [0.2, 0.25) is 0 Å². The molecule has 2 aliphatic carbocycles. The lowest BCUT2D eigenvalue weighted by Gasteiger charge is -2.26. The van der Waals surface area contributed by atoms with E-state index in [4.69, 9.17) is 4.74 Å². The maximum absolute atomic E-state index is 12.3. The van der Waals surface area contributed by atoms with Crippen LogP contribution in [0.15, 0.2) is 42.5 Å². The van der Waals surface area contributed by atoms with E-state index >= 15 is 0 Å². The number of ether oxygens (including phenoxy) is 1.